The summed E-state index contributed by atoms with van der Waals surface area (Å²) < 4.78 is 15.9. The molecule has 7 heteroatoms. The maximum absolute atomic E-state index is 5.70. The summed E-state index contributed by atoms with van der Waals surface area (Å²) in [5, 5.41) is 0. The summed E-state index contributed by atoms with van der Waals surface area (Å²) >= 11 is 0. The molecule has 0 aliphatic rings. The van der Waals surface area contributed by atoms with Crippen LogP contribution in [0.2, 0.25) is 0 Å². The van der Waals surface area contributed by atoms with Crippen LogP contribution in [0.1, 0.15) is 13.3 Å². The van der Waals surface area contributed by atoms with Crippen molar-refractivity contribution in [1.82, 2.24) is 15.0 Å². The van der Waals surface area contributed by atoms with Crippen molar-refractivity contribution >= 4 is 5.95 Å². The van der Waals surface area contributed by atoms with Crippen LogP contribution in [0.15, 0.2) is 18.2 Å². The quantitative estimate of drug-likeness (QED) is 0.868. The summed E-state index contributed by atoms with van der Waals surface area (Å²) in [6.07, 6.45) is 0.855. The first kappa shape index (κ1) is 14.8. The summed E-state index contributed by atoms with van der Waals surface area (Å²) in [5.74, 6) is 1.79. The van der Waals surface area contributed by atoms with Gasteiger partial charge in [-0.25, -0.2) is 0 Å². The Labute approximate surface area is 123 Å². The lowest BCUT2D eigenvalue weighted by Gasteiger charge is -2.09. The van der Waals surface area contributed by atoms with Crippen LogP contribution in [0.25, 0.3) is 11.4 Å². The van der Waals surface area contributed by atoms with E-state index in [0.717, 1.165) is 6.42 Å². The van der Waals surface area contributed by atoms with E-state index in [9.17, 15) is 0 Å². The van der Waals surface area contributed by atoms with E-state index in [4.69, 9.17) is 19.9 Å². The molecule has 21 heavy (non-hydrogen) atoms. The van der Waals surface area contributed by atoms with Crippen LogP contribution in [0, 0.1) is 0 Å². The van der Waals surface area contributed by atoms with Crippen molar-refractivity contribution < 1.29 is 14.2 Å². The number of nitrogens with zero attached hydrogens (tertiary/aromatic N) is 3. The standard InChI is InChI=1S/C14H18N4O3/c1-4-5-21-14-17-12(16-13(15)18-14)9-6-10(19-2)8-11(7-9)20-3/h6-8H,4-5H2,1-3H3,(H2,15,16,17,18). The number of anilines is 1. The molecule has 0 aliphatic heterocycles. The van der Waals surface area contributed by atoms with E-state index in [1.165, 1.54) is 0 Å². The maximum atomic E-state index is 5.70. The molecule has 0 unspecified atom stereocenters. The number of rotatable bonds is 6. The Kier molecular flexibility index (Phi) is 4.76. The molecule has 0 fully saturated rings. The molecular formula is C14H18N4O3. The number of methoxy groups -OCH3 is 2. The average Bonchev–Trinajstić information content (AvgIpc) is 2.51. The Balaban J connectivity index is 2.42. The number of nitrogen functional groups attached to an aromatic ring is 1. The molecule has 1 aromatic heterocycles. The van der Waals surface area contributed by atoms with E-state index >= 15 is 0 Å². The molecule has 0 saturated carbocycles. The minimum absolute atomic E-state index is 0.105. The highest BCUT2D eigenvalue weighted by molar-refractivity contribution is 5.61. The minimum Gasteiger partial charge on any atom is -0.497 e. The van der Waals surface area contributed by atoms with Crippen LogP contribution in [0.5, 0.6) is 17.5 Å². The highest BCUT2D eigenvalue weighted by Crippen LogP contribution is 2.28. The van der Waals surface area contributed by atoms with Gasteiger partial charge in [0, 0.05) is 11.6 Å². The molecule has 0 bridgehead atoms. The number of hydrogen-bond acceptors (Lipinski definition) is 7. The Morgan fingerprint density at radius 2 is 1.67 bits per heavy atom. The SMILES string of the molecule is CCCOc1nc(N)nc(-c2cc(OC)cc(OC)c2)n1. The van der Waals surface area contributed by atoms with Crippen molar-refractivity contribution in [2.75, 3.05) is 26.6 Å². The smallest absolute Gasteiger partial charge is 0.321 e. The van der Waals surface area contributed by atoms with Crippen LogP contribution >= 0.6 is 0 Å². The molecule has 0 spiro atoms. The lowest BCUT2D eigenvalue weighted by atomic mass is 10.2. The first-order valence-electron chi connectivity index (χ1n) is 6.54. The fourth-order valence-electron chi connectivity index (χ4n) is 1.70. The van der Waals surface area contributed by atoms with Gasteiger partial charge in [-0.3, -0.25) is 0 Å². The summed E-state index contributed by atoms with van der Waals surface area (Å²) in [5.41, 5.74) is 6.41. The summed E-state index contributed by atoms with van der Waals surface area (Å²) in [7, 11) is 3.16. The molecule has 112 valence electrons. The zero-order chi connectivity index (χ0) is 15.2. The fraction of sp³-hybridized carbons (Fsp3) is 0.357. The zero-order valence-electron chi connectivity index (χ0n) is 12.3. The number of benzene rings is 1. The Hall–Kier alpha value is -2.57. The Morgan fingerprint density at radius 3 is 2.24 bits per heavy atom. The van der Waals surface area contributed by atoms with E-state index < -0.39 is 0 Å². The van der Waals surface area contributed by atoms with Crippen molar-refractivity contribution in [2.45, 2.75) is 13.3 Å². The second-order valence-corrected chi connectivity index (χ2v) is 4.25. The lowest BCUT2D eigenvalue weighted by molar-refractivity contribution is 0.292. The van der Waals surface area contributed by atoms with E-state index in [1.54, 1.807) is 32.4 Å². The highest BCUT2D eigenvalue weighted by Gasteiger charge is 2.11. The number of ether oxygens (including phenoxy) is 3. The molecule has 0 amide bonds. The van der Waals surface area contributed by atoms with Gasteiger partial charge < -0.3 is 19.9 Å². The van der Waals surface area contributed by atoms with Crippen LogP contribution in [0.3, 0.4) is 0 Å². The normalized spacial score (nSPS) is 10.2. The van der Waals surface area contributed by atoms with Crippen molar-refractivity contribution in [3.63, 3.8) is 0 Å². The molecule has 7 nitrogen and oxygen atoms in total. The zero-order valence-corrected chi connectivity index (χ0v) is 12.3. The van der Waals surface area contributed by atoms with Gasteiger partial charge in [-0.1, -0.05) is 6.92 Å². The van der Waals surface area contributed by atoms with Gasteiger partial charge in [-0.05, 0) is 18.6 Å². The largest absolute Gasteiger partial charge is 0.497 e. The van der Waals surface area contributed by atoms with Crippen molar-refractivity contribution in [3.05, 3.63) is 18.2 Å². The van der Waals surface area contributed by atoms with Gasteiger partial charge in [0.25, 0.3) is 0 Å². The number of nitrogens with two attached hydrogens (primary N) is 1. The lowest BCUT2D eigenvalue weighted by Crippen LogP contribution is -2.06. The highest BCUT2D eigenvalue weighted by atomic mass is 16.5. The van der Waals surface area contributed by atoms with Gasteiger partial charge in [0.2, 0.25) is 5.95 Å². The molecule has 1 aromatic carbocycles. The van der Waals surface area contributed by atoms with E-state index in [1.807, 2.05) is 6.92 Å². The van der Waals surface area contributed by atoms with Crippen LogP contribution in [0.4, 0.5) is 5.95 Å². The number of aromatic nitrogens is 3. The summed E-state index contributed by atoms with van der Waals surface area (Å²) in [6, 6.07) is 5.56. The molecule has 1 heterocycles. The summed E-state index contributed by atoms with van der Waals surface area (Å²) in [6.45, 7) is 2.52. The van der Waals surface area contributed by atoms with Gasteiger partial charge >= 0.3 is 6.01 Å². The molecule has 0 aliphatic carbocycles. The minimum atomic E-state index is 0.105. The van der Waals surface area contributed by atoms with Gasteiger partial charge in [0.1, 0.15) is 11.5 Å². The van der Waals surface area contributed by atoms with E-state index in [-0.39, 0.29) is 12.0 Å². The third-order valence-electron chi connectivity index (χ3n) is 2.68. The van der Waals surface area contributed by atoms with Crippen molar-refractivity contribution in [2.24, 2.45) is 0 Å². The van der Waals surface area contributed by atoms with Crippen molar-refractivity contribution in [3.8, 4) is 28.9 Å². The average molecular weight is 290 g/mol. The van der Waals surface area contributed by atoms with Gasteiger partial charge in [-0.15, -0.1) is 0 Å². The monoisotopic (exact) mass is 290 g/mol. The van der Waals surface area contributed by atoms with Gasteiger partial charge in [0.15, 0.2) is 5.82 Å². The van der Waals surface area contributed by atoms with Crippen LogP contribution in [-0.4, -0.2) is 35.8 Å². The van der Waals surface area contributed by atoms with E-state index in [2.05, 4.69) is 15.0 Å². The predicted molar refractivity (Wildman–Crippen MR) is 78.6 cm³/mol. The first-order valence-corrected chi connectivity index (χ1v) is 6.54. The molecule has 0 saturated heterocycles. The van der Waals surface area contributed by atoms with Crippen LogP contribution in [-0.2, 0) is 0 Å². The Morgan fingerprint density at radius 1 is 1.00 bits per heavy atom. The number of hydrogen-bond donors (Lipinski definition) is 1. The first-order chi connectivity index (χ1) is 10.2. The molecule has 2 aromatic rings. The van der Waals surface area contributed by atoms with Crippen molar-refractivity contribution in [1.29, 1.82) is 0 Å². The third kappa shape index (κ3) is 3.71. The maximum Gasteiger partial charge on any atom is 0.321 e. The van der Waals surface area contributed by atoms with Gasteiger partial charge in [0.05, 0.1) is 20.8 Å². The molecule has 2 rings (SSSR count). The molecule has 0 radical (unpaired) electrons. The predicted octanol–water partition coefficient (Wildman–Crippen LogP) is 1.93. The second kappa shape index (κ2) is 6.74. The van der Waals surface area contributed by atoms with E-state index in [0.29, 0.717) is 29.5 Å². The fourth-order valence-corrected chi connectivity index (χ4v) is 1.70. The second-order valence-electron chi connectivity index (χ2n) is 4.25. The van der Waals surface area contributed by atoms with Crippen LogP contribution < -0.4 is 19.9 Å². The molecule has 0 atom stereocenters. The topological polar surface area (TPSA) is 92.4 Å². The Bertz CT molecular complexity index is 597. The van der Waals surface area contributed by atoms with Gasteiger partial charge in [-0.2, -0.15) is 15.0 Å². The molecular weight excluding hydrogens is 272 g/mol. The summed E-state index contributed by atoms with van der Waals surface area (Å²) in [4.78, 5) is 12.3. The third-order valence-corrected chi connectivity index (χ3v) is 2.68. The molecule has 2 N–H and O–H groups in total.